The summed E-state index contributed by atoms with van der Waals surface area (Å²) >= 11 is 0. The van der Waals surface area contributed by atoms with E-state index >= 15 is 0 Å². The molecule has 0 bridgehead atoms. The van der Waals surface area contributed by atoms with Gasteiger partial charge in [-0.1, -0.05) is 18.2 Å². The Balaban J connectivity index is 1.93. The highest BCUT2D eigenvalue weighted by molar-refractivity contribution is 5.57. The summed E-state index contributed by atoms with van der Waals surface area (Å²) in [5.41, 5.74) is 11.3. The number of methoxy groups -OCH3 is 2. The van der Waals surface area contributed by atoms with E-state index in [1.165, 1.54) is 22.4 Å². The van der Waals surface area contributed by atoms with Crippen LogP contribution in [0.5, 0.6) is 11.5 Å². The van der Waals surface area contributed by atoms with Crippen molar-refractivity contribution in [3.05, 3.63) is 53.1 Å². The van der Waals surface area contributed by atoms with Gasteiger partial charge in [0.1, 0.15) is 0 Å². The molecule has 0 fully saturated rings. The molecule has 1 heterocycles. The van der Waals surface area contributed by atoms with Crippen molar-refractivity contribution >= 4 is 5.69 Å². The second-order valence-corrected chi connectivity index (χ2v) is 6.11. The Bertz CT molecular complexity index is 700. The molecule has 0 aromatic heterocycles. The lowest BCUT2D eigenvalue weighted by Gasteiger charge is -2.35. The first-order chi connectivity index (χ1) is 11.1. The van der Waals surface area contributed by atoms with E-state index in [9.17, 15) is 0 Å². The van der Waals surface area contributed by atoms with Crippen LogP contribution in [-0.2, 0) is 13.0 Å². The van der Waals surface area contributed by atoms with Crippen LogP contribution < -0.4 is 20.1 Å². The fourth-order valence-electron chi connectivity index (χ4n) is 3.27. The zero-order chi connectivity index (χ0) is 16.4. The summed E-state index contributed by atoms with van der Waals surface area (Å²) < 4.78 is 10.8. The van der Waals surface area contributed by atoms with Crippen molar-refractivity contribution in [2.24, 2.45) is 5.73 Å². The number of ether oxygens (including phenoxy) is 2. The highest BCUT2D eigenvalue weighted by Gasteiger charge is 2.22. The van der Waals surface area contributed by atoms with Crippen LogP contribution in [0.15, 0.2) is 36.4 Å². The number of rotatable bonds is 4. The van der Waals surface area contributed by atoms with E-state index in [1.807, 2.05) is 6.07 Å². The van der Waals surface area contributed by atoms with Crippen molar-refractivity contribution in [2.45, 2.75) is 25.9 Å². The molecule has 1 aliphatic rings. The van der Waals surface area contributed by atoms with Gasteiger partial charge in [0.2, 0.25) is 0 Å². The number of nitrogens with two attached hydrogens (primary N) is 1. The van der Waals surface area contributed by atoms with Gasteiger partial charge >= 0.3 is 0 Å². The summed E-state index contributed by atoms with van der Waals surface area (Å²) in [6.45, 7) is 3.79. The Morgan fingerprint density at radius 1 is 1.13 bits per heavy atom. The topological polar surface area (TPSA) is 47.7 Å². The van der Waals surface area contributed by atoms with Gasteiger partial charge in [0, 0.05) is 24.8 Å². The maximum Gasteiger partial charge on any atom is 0.161 e. The molecule has 1 aliphatic heterocycles. The molecule has 0 saturated heterocycles. The third-order valence-electron chi connectivity index (χ3n) is 4.47. The minimum absolute atomic E-state index is 0.172. The van der Waals surface area contributed by atoms with Gasteiger partial charge in [-0.2, -0.15) is 0 Å². The number of hydrogen-bond acceptors (Lipinski definition) is 4. The van der Waals surface area contributed by atoms with Crippen LogP contribution >= 0.6 is 0 Å². The minimum Gasteiger partial charge on any atom is -0.493 e. The first kappa shape index (κ1) is 15.7. The van der Waals surface area contributed by atoms with Gasteiger partial charge in [-0.05, 0) is 48.2 Å². The van der Waals surface area contributed by atoms with E-state index in [0.717, 1.165) is 31.0 Å². The number of fused-ring (bicyclic) bond motifs is 1. The molecular weight excluding hydrogens is 288 g/mol. The number of anilines is 1. The van der Waals surface area contributed by atoms with Gasteiger partial charge < -0.3 is 20.1 Å². The largest absolute Gasteiger partial charge is 0.493 e. The van der Waals surface area contributed by atoms with Crippen LogP contribution in [0, 0.1) is 6.92 Å². The highest BCUT2D eigenvalue weighted by Crippen LogP contribution is 2.33. The molecule has 3 rings (SSSR count). The summed E-state index contributed by atoms with van der Waals surface area (Å²) in [6.07, 6.45) is 0.942. The first-order valence-corrected chi connectivity index (χ1v) is 7.92. The zero-order valence-electron chi connectivity index (χ0n) is 14.0. The molecule has 0 aliphatic carbocycles. The second kappa shape index (κ2) is 6.50. The lowest BCUT2D eigenvalue weighted by molar-refractivity contribution is 0.354. The van der Waals surface area contributed by atoms with Crippen LogP contribution in [-0.4, -0.2) is 26.8 Å². The van der Waals surface area contributed by atoms with Crippen LogP contribution in [0.1, 0.15) is 16.7 Å². The standard InChI is InChI=1S/C19H24N2O2/c1-13-8-18(22-2)19(23-3)10-15(13)11-21-12-16(20)9-14-6-4-5-7-17(14)21/h4-8,10,16H,9,11-12,20H2,1-3H3. The fourth-order valence-corrected chi connectivity index (χ4v) is 3.27. The molecule has 23 heavy (non-hydrogen) atoms. The van der Waals surface area contributed by atoms with Gasteiger partial charge in [0.25, 0.3) is 0 Å². The molecule has 0 radical (unpaired) electrons. The maximum absolute atomic E-state index is 6.25. The molecule has 122 valence electrons. The monoisotopic (exact) mass is 312 g/mol. The Labute approximate surface area is 137 Å². The maximum atomic E-state index is 6.25. The van der Waals surface area contributed by atoms with Crippen molar-refractivity contribution in [1.29, 1.82) is 0 Å². The summed E-state index contributed by atoms with van der Waals surface area (Å²) in [7, 11) is 3.33. The summed E-state index contributed by atoms with van der Waals surface area (Å²) in [4.78, 5) is 2.36. The number of aryl methyl sites for hydroxylation is 1. The average molecular weight is 312 g/mol. The van der Waals surface area contributed by atoms with Crippen LogP contribution in [0.25, 0.3) is 0 Å². The Morgan fingerprint density at radius 3 is 2.57 bits per heavy atom. The third kappa shape index (κ3) is 3.13. The molecule has 1 unspecified atom stereocenters. The lowest BCUT2D eigenvalue weighted by atomic mass is 9.97. The van der Waals surface area contributed by atoms with E-state index in [0.29, 0.717) is 0 Å². The summed E-state index contributed by atoms with van der Waals surface area (Å²) in [5.74, 6) is 1.53. The molecular formula is C19H24N2O2. The van der Waals surface area contributed by atoms with Crippen LogP contribution in [0.2, 0.25) is 0 Å². The van der Waals surface area contributed by atoms with Crippen molar-refractivity contribution in [1.82, 2.24) is 0 Å². The van der Waals surface area contributed by atoms with Crippen molar-refractivity contribution < 1.29 is 9.47 Å². The van der Waals surface area contributed by atoms with E-state index in [1.54, 1.807) is 14.2 Å². The minimum atomic E-state index is 0.172. The average Bonchev–Trinajstić information content (AvgIpc) is 2.56. The number of benzene rings is 2. The highest BCUT2D eigenvalue weighted by atomic mass is 16.5. The van der Waals surface area contributed by atoms with Crippen molar-refractivity contribution in [2.75, 3.05) is 25.7 Å². The molecule has 2 aromatic carbocycles. The predicted octanol–water partition coefficient (Wildman–Crippen LogP) is 2.90. The summed E-state index contributed by atoms with van der Waals surface area (Å²) in [6, 6.07) is 12.8. The van der Waals surface area contributed by atoms with E-state index in [-0.39, 0.29) is 6.04 Å². The molecule has 0 amide bonds. The predicted molar refractivity (Wildman–Crippen MR) is 93.5 cm³/mol. The van der Waals surface area contributed by atoms with Gasteiger partial charge in [-0.25, -0.2) is 0 Å². The van der Waals surface area contributed by atoms with Crippen molar-refractivity contribution in [3.8, 4) is 11.5 Å². The molecule has 0 spiro atoms. The van der Waals surface area contributed by atoms with Crippen LogP contribution in [0.4, 0.5) is 5.69 Å². The normalized spacial score (nSPS) is 16.9. The van der Waals surface area contributed by atoms with Crippen molar-refractivity contribution in [3.63, 3.8) is 0 Å². The van der Waals surface area contributed by atoms with Gasteiger partial charge in [0.15, 0.2) is 11.5 Å². The van der Waals surface area contributed by atoms with E-state index < -0.39 is 0 Å². The molecule has 4 heteroatoms. The smallest absolute Gasteiger partial charge is 0.161 e. The first-order valence-electron chi connectivity index (χ1n) is 7.92. The zero-order valence-corrected chi connectivity index (χ0v) is 14.0. The third-order valence-corrected chi connectivity index (χ3v) is 4.47. The quantitative estimate of drug-likeness (QED) is 0.943. The van der Waals surface area contributed by atoms with Gasteiger partial charge in [0.05, 0.1) is 14.2 Å². The number of nitrogens with zero attached hydrogens (tertiary/aromatic N) is 1. The Kier molecular flexibility index (Phi) is 4.44. The van der Waals surface area contributed by atoms with E-state index in [2.05, 4.69) is 42.2 Å². The van der Waals surface area contributed by atoms with Gasteiger partial charge in [-0.3, -0.25) is 0 Å². The molecule has 0 saturated carbocycles. The Hall–Kier alpha value is -2.20. The number of hydrogen-bond donors (Lipinski definition) is 1. The molecule has 2 N–H and O–H groups in total. The van der Waals surface area contributed by atoms with E-state index in [4.69, 9.17) is 15.2 Å². The molecule has 1 atom stereocenters. The molecule has 4 nitrogen and oxygen atoms in total. The SMILES string of the molecule is COc1cc(C)c(CN2CC(N)Cc3ccccc32)cc1OC. The molecule has 2 aromatic rings. The Morgan fingerprint density at radius 2 is 1.83 bits per heavy atom. The fraction of sp³-hybridized carbons (Fsp3) is 0.368. The number of para-hydroxylation sites is 1. The summed E-state index contributed by atoms with van der Waals surface area (Å²) in [5, 5.41) is 0. The second-order valence-electron chi connectivity index (χ2n) is 6.11. The van der Waals surface area contributed by atoms with Gasteiger partial charge in [-0.15, -0.1) is 0 Å². The van der Waals surface area contributed by atoms with Crippen LogP contribution in [0.3, 0.4) is 0 Å². The lowest BCUT2D eigenvalue weighted by Crippen LogP contribution is -2.43.